The van der Waals surface area contributed by atoms with Crippen molar-refractivity contribution in [1.29, 1.82) is 0 Å². The molecule has 0 aliphatic heterocycles. The van der Waals surface area contributed by atoms with Gasteiger partial charge >= 0.3 is 0 Å². The van der Waals surface area contributed by atoms with Crippen molar-refractivity contribution in [3.63, 3.8) is 0 Å². The topological polar surface area (TPSA) is 55.6 Å². The Hall–Kier alpha value is -1.75. The minimum absolute atomic E-state index is 0.207. The highest BCUT2D eigenvalue weighted by atomic mass is 15.3. The van der Waals surface area contributed by atoms with Crippen LogP contribution < -0.4 is 5.32 Å². The predicted octanol–water partition coefficient (Wildman–Crippen LogP) is 1.54. The third-order valence-electron chi connectivity index (χ3n) is 2.69. The van der Waals surface area contributed by atoms with Crippen molar-refractivity contribution >= 4 is 0 Å². The Morgan fingerprint density at radius 3 is 2.94 bits per heavy atom. The zero-order valence-electron chi connectivity index (χ0n) is 10.2. The molecule has 0 aliphatic carbocycles. The minimum Gasteiger partial charge on any atom is -0.302 e. The van der Waals surface area contributed by atoms with E-state index in [1.54, 1.807) is 6.33 Å². The molecule has 0 fully saturated rings. The second-order valence-electron chi connectivity index (χ2n) is 3.85. The van der Waals surface area contributed by atoms with Crippen LogP contribution in [-0.4, -0.2) is 19.7 Å². The van der Waals surface area contributed by atoms with Crippen molar-refractivity contribution in [1.82, 2.24) is 25.1 Å². The van der Waals surface area contributed by atoms with Gasteiger partial charge in [0.2, 0.25) is 0 Å². The second kappa shape index (κ2) is 5.54. The molecule has 0 amide bonds. The molecule has 1 unspecified atom stereocenters. The maximum atomic E-state index is 4.32. The van der Waals surface area contributed by atoms with Crippen molar-refractivity contribution in [2.75, 3.05) is 0 Å². The number of aryl methyl sites for hydroxylation is 1. The first-order valence-corrected chi connectivity index (χ1v) is 5.82. The summed E-state index contributed by atoms with van der Waals surface area (Å²) in [6, 6.07) is 6.14. The average molecular weight is 231 g/mol. The maximum absolute atomic E-state index is 4.32. The summed E-state index contributed by atoms with van der Waals surface area (Å²) in [5.74, 6) is 0.954. The fraction of sp³-hybridized carbons (Fsp3) is 0.417. The summed E-state index contributed by atoms with van der Waals surface area (Å²) in [6.07, 6.45) is 3.40. The summed E-state index contributed by atoms with van der Waals surface area (Å²) < 4.78 is 1.89. The summed E-state index contributed by atoms with van der Waals surface area (Å²) in [6.45, 7) is 5.69. The van der Waals surface area contributed by atoms with Gasteiger partial charge in [0.25, 0.3) is 0 Å². The Labute approximate surface area is 101 Å². The first-order valence-electron chi connectivity index (χ1n) is 5.82. The molecule has 5 nitrogen and oxygen atoms in total. The summed E-state index contributed by atoms with van der Waals surface area (Å²) >= 11 is 0. The van der Waals surface area contributed by atoms with Crippen LogP contribution in [0.25, 0.3) is 0 Å². The van der Waals surface area contributed by atoms with Gasteiger partial charge in [-0.3, -0.25) is 4.98 Å². The molecule has 2 aromatic rings. The van der Waals surface area contributed by atoms with E-state index < -0.39 is 0 Å². The van der Waals surface area contributed by atoms with Crippen molar-refractivity contribution in [2.24, 2.45) is 0 Å². The molecule has 0 saturated heterocycles. The monoisotopic (exact) mass is 231 g/mol. The highest BCUT2D eigenvalue weighted by Crippen LogP contribution is 2.08. The molecule has 2 aromatic heterocycles. The minimum atomic E-state index is 0.207. The van der Waals surface area contributed by atoms with Crippen molar-refractivity contribution in [3.8, 4) is 0 Å². The lowest BCUT2D eigenvalue weighted by Crippen LogP contribution is -2.21. The Balaban J connectivity index is 1.95. The smallest absolute Gasteiger partial charge is 0.140 e. The van der Waals surface area contributed by atoms with E-state index >= 15 is 0 Å². The lowest BCUT2D eigenvalue weighted by atomic mass is 10.2. The fourth-order valence-electron chi connectivity index (χ4n) is 1.67. The zero-order valence-corrected chi connectivity index (χ0v) is 10.2. The van der Waals surface area contributed by atoms with Gasteiger partial charge in [0.05, 0.1) is 12.2 Å². The molecular weight excluding hydrogens is 214 g/mol. The van der Waals surface area contributed by atoms with E-state index in [-0.39, 0.29) is 6.04 Å². The van der Waals surface area contributed by atoms with Crippen LogP contribution in [0.1, 0.15) is 31.4 Å². The van der Waals surface area contributed by atoms with Gasteiger partial charge in [0.15, 0.2) is 0 Å². The zero-order chi connectivity index (χ0) is 12.1. The van der Waals surface area contributed by atoms with Crippen LogP contribution >= 0.6 is 0 Å². The number of nitrogens with one attached hydrogen (secondary N) is 1. The van der Waals surface area contributed by atoms with Crippen LogP contribution in [-0.2, 0) is 13.1 Å². The lowest BCUT2D eigenvalue weighted by molar-refractivity contribution is 0.516. The summed E-state index contributed by atoms with van der Waals surface area (Å²) in [5, 5.41) is 7.53. The van der Waals surface area contributed by atoms with Crippen LogP contribution in [0.3, 0.4) is 0 Å². The number of hydrogen-bond donors (Lipinski definition) is 1. The average Bonchev–Trinajstić information content (AvgIpc) is 2.84. The quantitative estimate of drug-likeness (QED) is 0.848. The van der Waals surface area contributed by atoms with E-state index in [1.807, 2.05) is 29.1 Å². The maximum Gasteiger partial charge on any atom is 0.140 e. The molecule has 1 atom stereocenters. The van der Waals surface area contributed by atoms with Gasteiger partial charge < -0.3 is 5.32 Å². The number of rotatable bonds is 5. The second-order valence-corrected chi connectivity index (χ2v) is 3.85. The lowest BCUT2D eigenvalue weighted by Gasteiger charge is -2.12. The van der Waals surface area contributed by atoms with E-state index in [4.69, 9.17) is 0 Å². The Bertz CT molecular complexity index is 451. The predicted molar refractivity (Wildman–Crippen MR) is 65.2 cm³/mol. The van der Waals surface area contributed by atoms with Crippen LogP contribution in [0.2, 0.25) is 0 Å². The number of nitrogens with zero attached hydrogens (tertiary/aromatic N) is 4. The molecule has 2 rings (SSSR count). The summed E-state index contributed by atoms with van der Waals surface area (Å²) in [4.78, 5) is 8.54. The largest absolute Gasteiger partial charge is 0.302 e. The van der Waals surface area contributed by atoms with Crippen LogP contribution in [0.5, 0.6) is 0 Å². The molecular formula is C12H17N5. The van der Waals surface area contributed by atoms with E-state index in [2.05, 4.69) is 34.2 Å². The molecule has 17 heavy (non-hydrogen) atoms. The molecule has 0 aromatic carbocycles. The van der Waals surface area contributed by atoms with Gasteiger partial charge in [-0.15, -0.1) is 0 Å². The third-order valence-corrected chi connectivity index (χ3v) is 2.69. The van der Waals surface area contributed by atoms with Gasteiger partial charge in [-0.25, -0.2) is 9.67 Å². The van der Waals surface area contributed by atoms with E-state index in [0.717, 1.165) is 18.1 Å². The molecule has 0 saturated carbocycles. The van der Waals surface area contributed by atoms with Crippen LogP contribution in [0, 0.1) is 0 Å². The van der Waals surface area contributed by atoms with Crippen molar-refractivity contribution < 1.29 is 0 Å². The molecule has 0 aliphatic rings. The summed E-state index contributed by atoms with van der Waals surface area (Å²) in [5.41, 5.74) is 1.04. The van der Waals surface area contributed by atoms with E-state index in [1.165, 1.54) is 0 Å². The molecule has 90 valence electrons. The molecule has 0 radical (unpaired) electrons. The molecule has 0 bridgehead atoms. The molecule has 2 heterocycles. The van der Waals surface area contributed by atoms with Gasteiger partial charge in [-0.05, 0) is 26.0 Å². The third kappa shape index (κ3) is 2.88. The Morgan fingerprint density at radius 1 is 1.35 bits per heavy atom. The Kier molecular flexibility index (Phi) is 3.82. The summed E-state index contributed by atoms with van der Waals surface area (Å²) in [7, 11) is 0. The first kappa shape index (κ1) is 11.7. The normalized spacial score (nSPS) is 12.6. The fourth-order valence-corrected chi connectivity index (χ4v) is 1.67. The van der Waals surface area contributed by atoms with E-state index in [0.29, 0.717) is 6.54 Å². The van der Waals surface area contributed by atoms with Gasteiger partial charge in [-0.2, -0.15) is 5.10 Å². The number of aromatic nitrogens is 4. The standard InChI is InChI=1S/C12H17N5/c1-3-17-12(15-9-16-17)8-14-10(2)11-6-4-5-7-13-11/h4-7,9-10,14H,3,8H2,1-2H3. The highest BCUT2D eigenvalue weighted by Gasteiger charge is 2.08. The molecule has 5 heteroatoms. The Morgan fingerprint density at radius 2 is 2.24 bits per heavy atom. The van der Waals surface area contributed by atoms with Crippen molar-refractivity contribution in [2.45, 2.75) is 33.0 Å². The number of hydrogen-bond acceptors (Lipinski definition) is 4. The SMILES string of the molecule is CCn1ncnc1CNC(C)c1ccccn1. The first-order chi connectivity index (χ1) is 8.31. The van der Waals surface area contributed by atoms with Crippen molar-refractivity contribution in [3.05, 3.63) is 42.2 Å². The van der Waals surface area contributed by atoms with Gasteiger partial charge in [0.1, 0.15) is 12.2 Å². The van der Waals surface area contributed by atoms with Gasteiger partial charge in [-0.1, -0.05) is 6.07 Å². The van der Waals surface area contributed by atoms with Crippen LogP contribution in [0.15, 0.2) is 30.7 Å². The van der Waals surface area contributed by atoms with E-state index in [9.17, 15) is 0 Å². The number of pyridine rings is 1. The molecule has 0 spiro atoms. The molecule has 1 N–H and O–H groups in total. The van der Waals surface area contributed by atoms with Crippen LogP contribution in [0.4, 0.5) is 0 Å². The van der Waals surface area contributed by atoms with Gasteiger partial charge in [0, 0.05) is 18.8 Å². The highest BCUT2D eigenvalue weighted by molar-refractivity contribution is 5.07.